The van der Waals surface area contributed by atoms with Crippen LogP contribution < -0.4 is 16.0 Å². The van der Waals surface area contributed by atoms with Crippen molar-refractivity contribution in [3.8, 4) is 0 Å². The fourth-order valence-electron chi connectivity index (χ4n) is 5.31. The Labute approximate surface area is 253 Å². The van der Waals surface area contributed by atoms with Crippen molar-refractivity contribution in [3.63, 3.8) is 0 Å². The van der Waals surface area contributed by atoms with Crippen LogP contribution in [0.1, 0.15) is 80.4 Å². The first-order valence-electron chi connectivity index (χ1n) is 15.1. The van der Waals surface area contributed by atoms with E-state index in [1.54, 1.807) is 20.8 Å². The van der Waals surface area contributed by atoms with Crippen LogP contribution >= 0.6 is 0 Å². The van der Waals surface area contributed by atoms with Crippen molar-refractivity contribution in [2.75, 3.05) is 26.3 Å². The number of alkyl carbamates (subject to hydrolysis) is 2. The van der Waals surface area contributed by atoms with Crippen LogP contribution in [0, 0.1) is 0 Å². The van der Waals surface area contributed by atoms with Gasteiger partial charge in [0, 0.05) is 24.0 Å². The van der Waals surface area contributed by atoms with Crippen LogP contribution in [0.2, 0.25) is 0 Å². The predicted molar refractivity (Wildman–Crippen MR) is 165 cm³/mol. The van der Waals surface area contributed by atoms with E-state index < -0.39 is 23.8 Å². The highest BCUT2D eigenvalue weighted by Crippen LogP contribution is 2.38. The van der Waals surface area contributed by atoms with Crippen LogP contribution in [-0.2, 0) is 20.8 Å². The van der Waals surface area contributed by atoms with E-state index in [-0.39, 0.29) is 38.8 Å². The molecule has 10 heteroatoms. The lowest BCUT2D eigenvalue weighted by atomic mass is 9.82. The molecule has 1 fully saturated rings. The van der Waals surface area contributed by atoms with E-state index in [1.165, 1.54) is 6.42 Å². The standard InChI is InChI=1S/C33H44N4O6/c1-33(2,3)43-31(39)34-18-19-41-22-25(36-32(40)42-21-23-12-6-4-7-13-23)20-35-30(38)29-28(24-14-8-5-9-15-24)26-16-10-11-17-27(26)37-29/h4,6-7,10-13,16-17,24-25,37H,5,8-9,14-15,18-22H2,1-3H3,(H,34,39)(H,35,38)(H,36,40)/t25-/m1/s1. The van der Waals surface area contributed by atoms with E-state index >= 15 is 0 Å². The Morgan fingerprint density at radius 3 is 2.40 bits per heavy atom. The molecule has 1 saturated carbocycles. The third kappa shape index (κ3) is 10.0. The largest absolute Gasteiger partial charge is 0.445 e. The molecule has 43 heavy (non-hydrogen) atoms. The Balaban J connectivity index is 1.37. The molecule has 10 nitrogen and oxygen atoms in total. The first-order valence-corrected chi connectivity index (χ1v) is 15.1. The highest BCUT2D eigenvalue weighted by molar-refractivity contribution is 6.01. The Morgan fingerprint density at radius 1 is 0.930 bits per heavy atom. The number of ether oxygens (including phenoxy) is 3. The van der Waals surface area contributed by atoms with Gasteiger partial charge in [0.15, 0.2) is 0 Å². The molecule has 1 aromatic heterocycles. The van der Waals surface area contributed by atoms with Crippen LogP contribution in [-0.4, -0.2) is 61.0 Å². The zero-order valence-electron chi connectivity index (χ0n) is 25.4. The second-order valence-corrected chi connectivity index (χ2v) is 11.9. The zero-order chi connectivity index (χ0) is 30.7. The molecule has 3 aromatic rings. The van der Waals surface area contributed by atoms with Gasteiger partial charge in [0.05, 0.1) is 19.3 Å². The summed E-state index contributed by atoms with van der Waals surface area (Å²) in [5, 5.41) is 9.52. The van der Waals surface area contributed by atoms with Gasteiger partial charge in [0.2, 0.25) is 0 Å². The van der Waals surface area contributed by atoms with Gasteiger partial charge in [-0.3, -0.25) is 4.79 Å². The van der Waals surface area contributed by atoms with Gasteiger partial charge >= 0.3 is 12.2 Å². The number of H-pyrrole nitrogens is 1. The van der Waals surface area contributed by atoms with Gasteiger partial charge in [-0.2, -0.15) is 0 Å². The summed E-state index contributed by atoms with van der Waals surface area (Å²) in [6, 6.07) is 16.8. The molecular weight excluding hydrogens is 548 g/mol. The molecule has 1 heterocycles. The number of para-hydroxylation sites is 1. The van der Waals surface area contributed by atoms with Crippen molar-refractivity contribution in [1.82, 2.24) is 20.9 Å². The van der Waals surface area contributed by atoms with Crippen molar-refractivity contribution in [2.45, 2.75) is 77.0 Å². The second-order valence-electron chi connectivity index (χ2n) is 11.9. The highest BCUT2D eigenvalue weighted by atomic mass is 16.6. The molecule has 0 bridgehead atoms. The summed E-state index contributed by atoms with van der Waals surface area (Å²) in [5.74, 6) is 0.0983. The summed E-state index contributed by atoms with van der Waals surface area (Å²) in [7, 11) is 0. The van der Waals surface area contributed by atoms with Crippen LogP contribution in [0.5, 0.6) is 0 Å². The summed E-state index contributed by atoms with van der Waals surface area (Å²) < 4.78 is 16.4. The molecular formula is C33H44N4O6. The molecule has 4 rings (SSSR count). The van der Waals surface area contributed by atoms with E-state index in [9.17, 15) is 14.4 Å². The van der Waals surface area contributed by atoms with Crippen LogP contribution in [0.25, 0.3) is 10.9 Å². The van der Waals surface area contributed by atoms with E-state index in [2.05, 4.69) is 27.0 Å². The Bertz CT molecular complexity index is 1340. The fourth-order valence-corrected chi connectivity index (χ4v) is 5.31. The van der Waals surface area contributed by atoms with Gasteiger partial charge in [-0.1, -0.05) is 67.8 Å². The van der Waals surface area contributed by atoms with Gasteiger partial charge in [0.25, 0.3) is 5.91 Å². The lowest BCUT2D eigenvalue weighted by molar-refractivity contribution is 0.0490. The van der Waals surface area contributed by atoms with Gasteiger partial charge in [0.1, 0.15) is 17.9 Å². The van der Waals surface area contributed by atoms with Gasteiger partial charge in [-0.15, -0.1) is 0 Å². The highest BCUT2D eigenvalue weighted by Gasteiger charge is 2.26. The number of hydrogen-bond donors (Lipinski definition) is 4. The van der Waals surface area contributed by atoms with Gasteiger partial charge < -0.3 is 35.1 Å². The SMILES string of the molecule is CC(C)(C)OC(=O)NCCOC[C@@H](CNC(=O)c1[nH]c2ccccc2c1C1CCCCC1)NC(=O)OCc1ccccc1. The van der Waals surface area contributed by atoms with E-state index in [0.717, 1.165) is 47.7 Å². The number of fused-ring (bicyclic) bond motifs is 1. The molecule has 2 aromatic carbocycles. The molecule has 1 aliphatic rings. The lowest BCUT2D eigenvalue weighted by Crippen LogP contribution is -2.47. The first-order chi connectivity index (χ1) is 20.7. The minimum absolute atomic E-state index is 0.0961. The summed E-state index contributed by atoms with van der Waals surface area (Å²) in [4.78, 5) is 41.4. The minimum atomic E-state index is -0.618. The second kappa shape index (κ2) is 15.4. The van der Waals surface area contributed by atoms with Gasteiger partial charge in [-0.25, -0.2) is 9.59 Å². The van der Waals surface area contributed by atoms with Crippen molar-refractivity contribution >= 4 is 29.0 Å². The van der Waals surface area contributed by atoms with Crippen LogP contribution in [0.3, 0.4) is 0 Å². The number of carbonyl (C=O) groups is 3. The van der Waals surface area contributed by atoms with Crippen LogP contribution in [0.4, 0.5) is 9.59 Å². The average Bonchev–Trinajstić information content (AvgIpc) is 3.38. The summed E-state index contributed by atoms with van der Waals surface area (Å²) >= 11 is 0. The zero-order valence-corrected chi connectivity index (χ0v) is 25.4. The number of aromatic nitrogens is 1. The van der Waals surface area contributed by atoms with E-state index in [4.69, 9.17) is 14.2 Å². The lowest BCUT2D eigenvalue weighted by Gasteiger charge is -2.23. The molecule has 0 aliphatic heterocycles. The number of nitrogens with one attached hydrogen (secondary N) is 4. The fraction of sp³-hybridized carbons (Fsp3) is 0.485. The summed E-state index contributed by atoms with van der Waals surface area (Å²) in [6.45, 7) is 6.13. The van der Waals surface area contributed by atoms with Crippen molar-refractivity contribution in [2.24, 2.45) is 0 Å². The van der Waals surface area contributed by atoms with Gasteiger partial charge in [-0.05, 0) is 56.7 Å². The minimum Gasteiger partial charge on any atom is -0.445 e. The summed E-state index contributed by atoms with van der Waals surface area (Å²) in [6.07, 6.45) is 4.50. The molecule has 0 unspecified atom stereocenters. The maximum atomic E-state index is 13.6. The topological polar surface area (TPSA) is 131 Å². The molecule has 3 amide bonds. The Kier molecular flexibility index (Phi) is 11.4. The Morgan fingerprint density at radius 2 is 1.65 bits per heavy atom. The number of aromatic amines is 1. The summed E-state index contributed by atoms with van der Waals surface area (Å²) in [5.41, 5.74) is 2.85. The molecule has 0 spiro atoms. The van der Waals surface area contributed by atoms with Crippen LogP contribution in [0.15, 0.2) is 54.6 Å². The van der Waals surface area contributed by atoms with E-state index in [0.29, 0.717) is 11.6 Å². The third-order valence-corrected chi connectivity index (χ3v) is 7.26. The van der Waals surface area contributed by atoms with Crippen molar-refractivity contribution in [1.29, 1.82) is 0 Å². The maximum absolute atomic E-state index is 13.6. The maximum Gasteiger partial charge on any atom is 0.407 e. The Hall–Kier alpha value is -4.05. The number of amides is 3. The third-order valence-electron chi connectivity index (χ3n) is 7.26. The smallest absolute Gasteiger partial charge is 0.407 e. The number of hydrogen-bond acceptors (Lipinski definition) is 6. The van der Waals surface area contributed by atoms with Crippen molar-refractivity contribution < 1.29 is 28.6 Å². The molecule has 0 radical (unpaired) electrons. The monoisotopic (exact) mass is 592 g/mol. The first kappa shape index (κ1) is 31.9. The average molecular weight is 593 g/mol. The molecule has 0 saturated heterocycles. The number of carbonyl (C=O) groups excluding carboxylic acids is 3. The van der Waals surface area contributed by atoms with E-state index in [1.807, 2.05) is 48.5 Å². The number of benzene rings is 2. The molecule has 232 valence electrons. The van der Waals surface area contributed by atoms with Crippen molar-refractivity contribution in [3.05, 3.63) is 71.4 Å². The molecule has 4 N–H and O–H groups in total. The molecule has 1 atom stereocenters. The predicted octanol–water partition coefficient (Wildman–Crippen LogP) is 5.78. The molecule has 1 aliphatic carbocycles. The quantitative estimate of drug-likeness (QED) is 0.197. The number of rotatable bonds is 12. The normalized spacial score (nSPS) is 14.6.